The van der Waals surface area contributed by atoms with Crippen molar-refractivity contribution in [3.8, 4) is 0 Å². The van der Waals surface area contributed by atoms with Crippen molar-refractivity contribution in [3.63, 3.8) is 0 Å². The van der Waals surface area contributed by atoms with E-state index >= 15 is 0 Å². The average Bonchev–Trinajstić information content (AvgIpc) is 2.43. The standard InChI is InChI=1S/C15H22ClN3/c1-3-5-11-6-8-12(9-7-11)19-15-14(16)13(4-2)17-10-18-15/h3,5,10-12H,4,6-9H2,1-2H3,(H,17,18,19)/t11-,12-. The molecule has 0 aliphatic heterocycles. The fourth-order valence-corrected chi connectivity index (χ4v) is 2.96. The third kappa shape index (κ3) is 3.69. The van der Waals surface area contributed by atoms with Gasteiger partial charge in [-0.15, -0.1) is 0 Å². The largest absolute Gasteiger partial charge is 0.366 e. The van der Waals surface area contributed by atoms with E-state index in [4.69, 9.17) is 11.6 Å². The molecular weight excluding hydrogens is 258 g/mol. The molecule has 1 aromatic heterocycles. The van der Waals surface area contributed by atoms with Crippen LogP contribution < -0.4 is 5.32 Å². The normalized spacial score (nSPS) is 23.7. The third-order valence-electron chi connectivity index (χ3n) is 3.77. The maximum Gasteiger partial charge on any atom is 0.148 e. The Balaban J connectivity index is 1.96. The van der Waals surface area contributed by atoms with Crippen LogP contribution in [0.5, 0.6) is 0 Å². The number of aromatic nitrogens is 2. The Morgan fingerprint density at radius 3 is 2.68 bits per heavy atom. The fraction of sp³-hybridized carbons (Fsp3) is 0.600. The Labute approximate surface area is 120 Å². The van der Waals surface area contributed by atoms with Gasteiger partial charge in [-0.2, -0.15) is 0 Å². The lowest BCUT2D eigenvalue weighted by Gasteiger charge is -2.28. The van der Waals surface area contributed by atoms with Gasteiger partial charge in [0.2, 0.25) is 0 Å². The number of rotatable bonds is 4. The van der Waals surface area contributed by atoms with Crippen molar-refractivity contribution in [2.24, 2.45) is 5.92 Å². The fourth-order valence-electron chi connectivity index (χ4n) is 2.67. The molecule has 1 heterocycles. The van der Waals surface area contributed by atoms with Gasteiger partial charge in [-0.25, -0.2) is 9.97 Å². The summed E-state index contributed by atoms with van der Waals surface area (Å²) < 4.78 is 0. The average molecular weight is 280 g/mol. The molecule has 19 heavy (non-hydrogen) atoms. The Kier molecular flexibility index (Phi) is 5.20. The lowest BCUT2D eigenvalue weighted by molar-refractivity contribution is 0.390. The molecule has 0 saturated heterocycles. The number of hydrogen-bond donors (Lipinski definition) is 1. The molecule has 0 spiro atoms. The van der Waals surface area contributed by atoms with Gasteiger partial charge in [-0.3, -0.25) is 0 Å². The Bertz CT molecular complexity index is 437. The molecule has 0 aromatic carbocycles. The monoisotopic (exact) mass is 279 g/mol. The maximum atomic E-state index is 6.31. The van der Waals surface area contributed by atoms with Gasteiger partial charge in [0.05, 0.1) is 5.69 Å². The van der Waals surface area contributed by atoms with Gasteiger partial charge < -0.3 is 5.32 Å². The quantitative estimate of drug-likeness (QED) is 0.838. The highest BCUT2D eigenvalue weighted by atomic mass is 35.5. The zero-order valence-corrected chi connectivity index (χ0v) is 12.5. The molecule has 0 bridgehead atoms. The van der Waals surface area contributed by atoms with Crippen molar-refractivity contribution in [1.29, 1.82) is 0 Å². The van der Waals surface area contributed by atoms with E-state index in [1.165, 1.54) is 25.7 Å². The first-order valence-electron chi connectivity index (χ1n) is 7.13. The highest BCUT2D eigenvalue weighted by Gasteiger charge is 2.20. The number of anilines is 1. The number of aryl methyl sites for hydroxylation is 1. The highest BCUT2D eigenvalue weighted by molar-refractivity contribution is 6.33. The number of halogens is 1. The first-order valence-corrected chi connectivity index (χ1v) is 7.51. The summed E-state index contributed by atoms with van der Waals surface area (Å²) in [6, 6.07) is 0.485. The number of hydrogen-bond acceptors (Lipinski definition) is 3. The van der Waals surface area contributed by atoms with E-state index in [9.17, 15) is 0 Å². The van der Waals surface area contributed by atoms with Gasteiger partial charge in [0.15, 0.2) is 0 Å². The van der Waals surface area contributed by atoms with Crippen LogP contribution in [0.2, 0.25) is 5.02 Å². The second-order valence-corrected chi connectivity index (χ2v) is 5.50. The SMILES string of the molecule is CC=C[C@H]1CC[C@H](Nc2ncnc(CC)c2Cl)CC1. The lowest BCUT2D eigenvalue weighted by atomic mass is 9.86. The van der Waals surface area contributed by atoms with Gasteiger partial charge in [0.25, 0.3) is 0 Å². The molecule has 0 radical (unpaired) electrons. The van der Waals surface area contributed by atoms with Crippen molar-refractivity contribution < 1.29 is 0 Å². The van der Waals surface area contributed by atoms with Crippen LogP contribution in [0.1, 0.15) is 45.2 Å². The van der Waals surface area contributed by atoms with Crippen LogP contribution >= 0.6 is 11.6 Å². The minimum absolute atomic E-state index is 0.485. The molecule has 1 aromatic rings. The van der Waals surface area contributed by atoms with E-state index in [-0.39, 0.29) is 0 Å². The second-order valence-electron chi connectivity index (χ2n) is 5.12. The molecule has 0 unspecified atom stereocenters. The minimum Gasteiger partial charge on any atom is -0.366 e. The maximum absolute atomic E-state index is 6.31. The van der Waals surface area contributed by atoms with Gasteiger partial charge in [0, 0.05) is 6.04 Å². The van der Waals surface area contributed by atoms with Gasteiger partial charge in [0.1, 0.15) is 17.2 Å². The molecule has 2 rings (SSSR count). The summed E-state index contributed by atoms with van der Waals surface area (Å²) in [7, 11) is 0. The van der Waals surface area contributed by atoms with Gasteiger partial charge in [-0.05, 0) is 44.9 Å². The summed E-state index contributed by atoms with van der Waals surface area (Å²) >= 11 is 6.31. The summed E-state index contributed by atoms with van der Waals surface area (Å²) in [5.74, 6) is 1.54. The van der Waals surface area contributed by atoms with Crippen molar-refractivity contribution >= 4 is 17.4 Å². The van der Waals surface area contributed by atoms with Crippen LogP contribution in [-0.4, -0.2) is 16.0 Å². The van der Waals surface area contributed by atoms with Crippen LogP contribution in [0.15, 0.2) is 18.5 Å². The molecule has 0 atom stereocenters. The summed E-state index contributed by atoms with van der Waals surface area (Å²) in [4.78, 5) is 8.46. The smallest absolute Gasteiger partial charge is 0.148 e. The van der Waals surface area contributed by atoms with Gasteiger partial charge >= 0.3 is 0 Å². The van der Waals surface area contributed by atoms with Crippen LogP contribution in [0.4, 0.5) is 5.82 Å². The molecule has 104 valence electrons. The lowest BCUT2D eigenvalue weighted by Crippen LogP contribution is -2.26. The second kappa shape index (κ2) is 6.90. The van der Waals surface area contributed by atoms with E-state index in [0.717, 1.165) is 23.9 Å². The van der Waals surface area contributed by atoms with Crippen LogP contribution in [0, 0.1) is 5.92 Å². The topological polar surface area (TPSA) is 37.8 Å². The molecule has 1 aliphatic carbocycles. The Morgan fingerprint density at radius 2 is 2.05 bits per heavy atom. The predicted molar refractivity (Wildman–Crippen MR) is 80.6 cm³/mol. The summed E-state index contributed by atoms with van der Waals surface area (Å²) in [5.41, 5.74) is 0.918. The predicted octanol–water partition coefficient (Wildman–Crippen LogP) is 4.24. The van der Waals surface area contributed by atoms with Crippen LogP contribution in [0.3, 0.4) is 0 Å². The Morgan fingerprint density at radius 1 is 1.32 bits per heavy atom. The van der Waals surface area contributed by atoms with E-state index in [0.29, 0.717) is 11.1 Å². The highest BCUT2D eigenvalue weighted by Crippen LogP contribution is 2.29. The summed E-state index contributed by atoms with van der Waals surface area (Å²) in [5, 5.41) is 4.16. The van der Waals surface area contributed by atoms with Crippen molar-refractivity contribution in [3.05, 3.63) is 29.2 Å². The molecule has 1 saturated carbocycles. The van der Waals surface area contributed by atoms with Crippen LogP contribution in [0.25, 0.3) is 0 Å². The van der Waals surface area contributed by atoms with Crippen molar-refractivity contribution in [1.82, 2.24) is 9.97 Å². The molecule has 3 nitrogen and oxygen atoms in total. The number of allylic oxidation sites excluding steroid dienone is 2. The zero-order valence-electron chi connectivity index (χ0n) is 11.7. The first kappa shape index (κ1) is 14.3. The third-order valence-corrected chi connectivity index (χ3v) is 4.17. The Hall–Kier alpha value is -1.09. The van der Waals surface area contributed by atoms with Crippen molar-refractivity contribution in [2.45, 2.75) is 52.0 Å². The van der Waals surface area contributed by atoms with E-state index in [1.54, 1.807) is 6.33 Å². The molecule has 1 N–H and O–H groups in total. The molecule has 0 amide bonds. The van der Waals surface area contributed by atoms with E-state index in [2.05, 4.69) is 41.3 Å². The van der Waals surface area contributed by atoms with Crippen LogP contribution in [-0.2, 0) is 6.42 Å². The van der Waals surface area contributed by atoms with E-state index < -0.39 is 0 Å². The molecule has 1 fully saturated rings. The number of nitrogens with zero attached hydrogens (tertiary/aromatic N) is 2. The minimum atomic E-state index is 0.485. The molecule has 1 aliphatic rings. The van der Waals surface area contributed by atoms with Gasteiger partial charge in [-0.1, -0.05) is 30.7 Å². The first-order chi connectivity index (χ1) is 9.24. The van der Waals surface area contributed by atoms with Crippen molar-refractivity contribution in [2.75, 3.05) is 5.32 Å². The zero-order chi connectivity index (χ0) is 13.7. The summed E-state index contributed by atoms with van der Waals surface area (Å²) in [6.45, 7) is 4.15. The molecular formula is C15H22ClN3. The molecule has 4 heteroatoms. The summed E-state index contributed by atoms with van der Waals surface area (Å²) in [6.07, 6.45) is 11.8. The number of nitrogens with one attached hydrogen (secondary N) is 1. The van der Waals surface area contributed by atoms with E-state index in [1.807, 2.05) is 0 Å².